The second-order valence-electron chi connectivity index (χ2n) is 3.61. The highest BCUT2D eigenvalue weighted by Crippen LogP contribution is 2.19. The fourth-order valence-electron chi connectivity index (χ4n) is 1.40. The monoisotopic (exact) mass is 311 g/mol. The van der Waals surface area contributed by atoms with E-state index in [1.807, 2.05) is 17.8 Å². The minimum absolute atomic E-state index is 0.872. The van der Waals surface area contributed by atoms with Gasteiger partial charge in [-0.2, -0.15) is 0 Å². The predicted octanol–water partition coefficient (Wildman–Crippen LogP) is 3.92. The van der Waals surface area contributed by atoms with Crippen LogP contribution in [0.25, 0.3) is 0 Å². The summed E-state index contributed by atoms with van der Waals surface area (Å²) in [6, 6.07) is 10.4. The quantitative estimate of drug-likeness (QED) is 0.646. The summed E-state index contributed by atoms with van der Waals surface area (Å²) in [7, 11) is 0. The van der Waals surface area contributed by atoms with Crippen LogP contribution in [0.4, 0.5) is 0 Å². The van der Waals surface area contributed by atoms with Crippen molar-refractivity contribution in [2.75, 3.05) is 12.3 Å². The third-order valence-corrected chi connectivity index (χ3v) is 3.81. The number of nitrogens with one attached hydrogen (secondary N) is 1. The molecule has 2 aromatic rings. The maximum absolute atomic E-state index is 5.00. The van der Waals surface area contributed by atoms with Gasteiger partial charge in [0, 0.05) is 33.8 Å². The second-order valence-corrected chi connectivity index (χ2v) is 5.69. The molecule has 0 saturated carbocycles. The van der Waals surface area contributed by atoms with Gasteiger partial charge in [0.05, 0.1) is 12.5 Å². The number of hydrogen-bond donors (Lipinski definition) is 1. The van der Waals surface area contributed by atoms with Gasteiger partial charge in [-0.15, -0.1) is 11.8 Å². The predicted molar refractivity (Wildman–Crippen MR) is 75.3 cm³/mol. The lowest BCUT2D eigenvalue weighted by Gasteiger charge is -2.03. The molecule has 2 nitrogen and oxygen atoms in total. The standard InChI is InChI=1S/C13H14BrNOS/c14-12-1-3-13(4-2-12)17-8-6-15-9-11-5-7-16-10-11/h1-5,7,10,15H,6,8-9H2. The molecule has 1 heterocycles. The zero-order chi connectivity index (χ0) is 11.9. The normalized spacial score (nSPS) is 10.6. The molecule has 0 unspecified atom stereocenters. The number of hydrogen-bond acceptors (Lipinski definition) is 3. The van der Waals surface area contributed by atoms with Crippen LogP contribution in [-0.2, 0) is 6.54 Å². The minimum Gasteiger partial charge on any atom is -0.472 e. The molecule has 0 aliphatic heterocycles. The van der Waals surface area contributed by atoms with Crippen LogP contribution in [0, 0.1) is 0 Å². The van der Waals surface area contributed by atoms with E-state index in [2.05, 4.69) is 45.5 Å². The highest BCUT2D eigenvalue weighted by molar-refractivity contribution is 9.10. The molecule has 0 atom stereocenters. The number of rotatable bonds is 6. The van der Waals surface area contributed by atoms with Crippen molar-refractivity contribution in [2.45, 2.75) is 11.4 Å². The van der Waals surface area contributed by atoms with Crippen LogP contribution in [0.15, 0.2) is 56.6 Å². The number of benzene rings is 1. The molecule has 0 amide bonds. The maximum Gasteiger partial charge on any atom is 0.0947 e. The van der Waals surface area contributed by atoms with Crippen molar-refractivity contribution in [1.82, 2.24) is 5.32 Å². The first-order chi connectivity index (χ1) is 8.34. The first-order valence-electron chi connectivity index (χ1n) is 5.45. The van der Waals surface area contributed by atoms with Crippen LogP contribution in [0.5, 0.6) is 0 Å². The maximum atomic E-state index is 5.00. The SMILES string of the molecule is Brc1ccc(SCCNCc2ccoc2)cc1. The second kappa shape index (κ2) is 6.89. The highest BCUT2D eigenvalue weighted by Gasteiger charge is 1.95. The third-order valence-electron chi connectivity index (χ3n) is 2.27. The van der Waals surface area contributed by atoms with E-state index >= 15 is 0 Å². The Morgan fingerprint density at radius 1 is 1.18 bits per heavy atom. The summed E-state index contributed by atoms with van der Waals surface area (Å²) in [5.41, 5.74) is 1.19. The van der Waals surface area contributed by atoms with E-state index in [0.717, 1.165) is 23.3 Å². The average molecular weight is 312 g/mol. The molecule has 0 saturated heterocycles. The molecule has 1 N–H and O–H groups in total. The zero-order valence-electron chi connectivity index (χ0n) is 9.36. The van der Waals surface area contributed by atoms with Gasteiger partial charge in [0.15, 0.2) is 0 Å². The van der Waals surface area contributed by atoms with Crippen molar-refractivity contribution in [1.29, 1.82) is 0 Å². The van der Waals surface area contributed by atoms with Gasteiger partial charge in [0.1, 0.15) is 0 Å². The molecule has 1 aromatic heterocycles. The third kappa shape index (κ3) is 4.58. The Labute approximate surface area is 114 Å². The Hall–Kier alpha value is -0.710. The molecule has 0 fully saturated rings. The van der Waals surface area contributed by atoms with E-state index in [-0.39, 0.29) is 0 Å². The Morgan fingerprint density at radius 2 is 2.00 bits per heavy atom. The van der Waals surface area contributed by atoms with Crippen molar-refractivity contribution in [3.8, 4) is 0 Å². The Morgan fingerprint density at radius 3 is 2.71 bits per heavy atom. The average Bonchev–Trinajstić information content (AvgIpc) is 2.84. The van der Waals surface area contributed by atoms with E-state index in [0.29, 0.717) is 0 Å². The van der Waals surface area contributed by atoms with E-state index in [1.54, 1.807) is 12.5 Å². The fourth-order valence-corrected chi connectivity index (χ4v) is 2.47. The first-order valence-corrected chi connectivity index (χ1v) is 7.22. The fraction of sp³-hybridized carbons (Fsp3) is 0.231. The van der Waals surface area contributed by atoms with Gasteiger partial charge in [-0.05, 0) is 30.3 Å². The molecule has 17 heavy (non-hydrogen) atoms. The van der Waals surface area contributed by atoms with Crippen molar-refractivity contribution >= 4 is 27.7 Å². The lowest BCUT2D eigenvalue weighted by atomic mass is 10.3. The molecule has 2 rings (SSSR count). The molecule has 0 aliphatic carbocycles. The summed E-state index contributed by atoms with van der Waals surface area (Å²) in [6.45, 7) is 1.86. The molecule has 0 spiro atoms. The molecule has 90 valence electrons. The lowest BCUT2D eigenvalue weighted by Crippen LogP contribution is -2.15. The topological polar surface area (TPSA) is 25.2 Å². The molecular weight excluding hydrogens is 298 g/mol. The number of halogens is 1. The van der Waals surface area contributed by atoms with Crippen LogP contribution < -0.4 is 5.32 Å². The van der Waals surface area contributed by atoms with Crippen molar-refractivity contribution in [3.05, 3.63) is 52.9 Å². The van der Waals surface area contributed by atoms with Gasteiger partial charge in [0.25, 0.3) is 0 Å². The molecule has 1 aromatic carbocycles. The summed E-state index contributed by atoms with van der Waals surface area (Å²) < 4.78 is 6.13. The van der Waals surface area contributed by atoms with Crippen molar-refractivity contribution in [3.63, 3.8) is 0 Å². The Bertz CT molecular complexity index is 427. The van der Waals surface area contributed by atoms with Crippen molar-refractivity contribution < 1.29 is 4.42 Å². The van der Waals surface area contributed by atoms with E-state index < -0.39 is 0 Å². The van der Waals surface area contributed by atoms with Gasteiger partial charge in [-0.3, -0.25) is 0 Å². The van der Waals surface area contributed by atoms with Crippen LogP contribution >= 0.6 is 27.7 Å². The minimum atomic E-state index is 0.872. The summed E-state index contributed by atoms with van der Waals surface area (Å²) in [5.74, 6) is 1.07. The van der Waals surface area contributed by atoms with Gasteiger partial charge in [0.2, 0.25) is 0 Å². The van der Waals surface area contributed by atoms with Gasteiger partial charge < -0.3 is 9.73 Å². The molecule has 4 heteroatoms. The van der Waals surface area contributed by atoms with Crippen molar-refractivity contribution in [2.24, 2.45) is 0 Å². The lowest BCUT2D eigenvalue weighted by molar-refractivity contribution is 0.561. The van der Waals surface area contributed by atoms with Crippen LogP contribution in [0.2, 0.25) is 0 Å². The van der Waals surface area contributed by atoms with Gasteiger partial charge in [-0.25, -0.2) is 0 Å². The van der Waals surface area contributed by atoms with Crippen LogP contribution in [0.1, 0.15) is 5.56 Å². The van der Waals surface area contributed by atoms with Gasteiger partial charge >= 0.3 is 0 Å². The smallest absolute Gasteiger partial charge is 0.0947 e. The summed E-state index contributed by atoms with van der Waals surface area (Å²) in [4.78, 5) is 1.30. The Kier molecular flexibility index (Phi) is 5.16. The largest absolute Gasteiger partial charge is 0.472 e. The number of thioether (sulfide) groups is 1. The first kappa shape index (κ1) is 12.7. The molecule has 0 aliphatic rings. The van der Waals surface area contributed by atoms with Crippen LogP contribution in [-0.4, -0.2) is 12.3 Å². The highest BCUT2D eigenvalue weighted by atomic mass is 79.9. The van der Waals surface area contributed by atoms with E-state index in [4.69, 9.17) is 4.42 Å². The Balaban J connectivity index is 1.61. The molecule has 0 radical (unpaired) electrons. The van der Waals surface area contributed by atoms with Gasteiger partial charge in [-0.1, -0.05) is 15.9 Å². The van der Waals surface area contributed by atoms with E-state index in [9.17, 15) is 0 Å². The zero-order valence-corrected chi connectivity index (χ0v) is 11.8. The molecular formula is C13H14BrNOS. The summed E-state index contributed by atoms with van der Waals surface area (Å²) in [6.07, 6.45) is 3.47. The van der Waals surface area contributed by atoms with E-state index in [1.165, 1.54) is 10.5 Å². The molecule has 0 bridgehead atoms. The summed E-state index contributed by atoms with van der Waals surface area (Å²) >= 11 is 5.29. The van der Waals surface area contributed by atoms with Crippen LogP contribution in [0.3, 0.4) is 0 Å². The number of furan rings is 1. The summed E-state index contributed by atoms with van der Waals surface area (Å²) in [5, 5.41) is 3.38.